The van der Waals surface area contributed by atoms with E-state index in [1.807, 2.05) is 22.8 Å². The van der Waals surface area contributed by atoms with Crippen molar-refractivity contribution >= 4 is 31.4 Å². The predicted molar refractivity (Wildman–Crippen MR) is 140 cm³/mol. The fourth-order valence-electron chi connectivity index (χ4n) is 5.69. The summed E-state index contributed by atoms with van der Waals surface area (Å²) in [5.41, 5.74) is 1.52. The number of rotatable bonds is 4. The molecular formula is C26H35N5O5Si. The summed E-state index contributed by atoms with van der Waals surface area (Å²) in [6.07, 6.45) is 1.51. The summed E-state index contributed by atoms with van der Waals surface area (Å²) >= 11 is 0. The van der Waals surface area contributed by atoms with E-state index in [2.05, 4.69) is 61.8 Å². The first-order valence-corrected chi connectivity index (χ1v) is 14.3. The summed E-state index contributed by atoms with van der Waals surface area (Å²) in [5.74, 6) is 0.0534. The molecule has 0 bridgehead atoms. The van der Waals surface area contributed by atoms with Crippen molar-refractivity contribution < 1.29 is 23.1 Å². The quantitative estimate of drug-likeness (QED) is 0.498. The van der Waals surface area contributed by atoms with Crippen LogP contribution in [0.25, 0.3) is 11.2 Å². The first kappa shape index (κ1) is 25.9. The molecule has 5 rings (SSSR count). The number of anilines is 1. The van der Waals surface area contributed by atoms with Crippen molar-refractivity contribution in [2.45, 2.75) is 76.2 Å². The van der Waals surface area contributed by atoms with Gasteiger partial charge in [0.2, 0.25) is 0 Å². The second-order valence-corrected chi connectivity index (χ2v) is 16.4. The van der Waals surface area contributed by atoms with E-state index in [0.29, 0.717) is 29.2 Å². The zero-order chi connectivity index (χ0) is 26.6. The summed E-state index contributed by atoms with van der Waals surface area (Å²) in [7, 11) is -1.05. The Bertz CT molecular complexity index is 1270. The molecule has 4 heterocycles. The van der Waals surface area contributed by atoms with E-state index in [1.165, 1.54) is 6.33 Å². The number of imidazole rings is 1. The Morgan fingerprint density at radius 1 is 1.08 bits per heavy atom. The summed E-state index contributed by atoms with van der Waals surface area (Å²) in [6, 6.07) is 8.96. The monoisotopic (exact) mass is 525 g/mol. The molecule has 2 aliphatic heterocycles. The number of hydrogen-bond donors (Lipinski definition) is 1. The minimum absolute atomic E-state index is 0.159. The van der Waals surface area contributed by atoms with Crippen molar-refractivity contribution in [2.24, 2.45) is 0 Å². The van der Waals surface area contributed by atoms with E-state index in [0.717, 1.165) is 0 Å². The van der Waals surface area contributed by atoms with Gasteiger partial charge in [0, 0.05) is 22.7 Å². The number of carbonyl (C=O) groups is 1. The van der Waals surface area contributed by atoms with Crippen LogP contribution >= 0.6 is 0 Å². The highest BCUT2D eigenvalue weighted by atomic mass is 28.4. The Labute approximate surface area is 218 Å². The zero-order valence-corrected chi connectivity index (χ0v) is 23.4. The van der Waals surface area contributed by atoms with Gasteiger partial charge in [0.1, 0.15) is 24.6 Å². The lowest BCUT2D eigenvalue weighted by Gasteiger charge is -2.53. The molecule has 1 aromatic carbocycles. The number of carbonyl (C=O) groups excluding carboxylic acids is 1. The standard InChI is InChI=1S/C26H35N5O5Si/c1-25(2,3)37(26(4,5)6)34-13-17-19(36-37)20(33-7)24(35-17)31-15-29-18-21(27-14-28-22(18)31)30-23(32)16-11-9-8-10-12-16/h8-12,14-15,17,19-20,24H,13H2,1-7H3,(H,27,28,30,32)/t17-,19?,20+,24-/m1/s1. The highest BCUT2D eigenvalue weighted by Crippen LogP contribution is 2.56. The van der Waals surface area contributed by atoms with Gasteiger partial charge < -0.3 is 23.6 Å². The third-order valence-electron chi connectivity index (χ3n) is 7.19. The van der Waals surface area contributed by atoms with Crippen LogP contribution in [0.2, 0.25) is 10.1 Å². The van der Waals surface area contributed by atoms with Gasteiger partial charge in [0.25, 0.3) is 5.91 Å². The highest BCUT2D eigenvalue weighted by molar-refractivity contribution is 6.73. The van der Waals surface area contributed by atoms with Crippen LogP contribution in [0.4, 0.5) is 5.82 Å². The molecule has 0 radical (unpaired) electrons. The second kappa shape index (κ2) is 9.24. The summed E-state index contributed by atoms with van der Waals surface area (Å²) in [6.45, 7) is 13.5. The first-order chi connectivity index (χ1) is 17.5. The average molecular weight is 526 g/mol. The molecule has 0 saturated carbocycles. The van der Waals surface area contributed by atoms with Crippen LogP contribution in [-0.2, 0) is 18.3 Å². The lowest BCUT2D eigenvalue weighted by molar-refractivity contribution is -0.0797. The highest BCUT2D eigenvalue weighted by Gasteiger charge is 2.65. The summed E-state index contributed by atoms with van der Waals surface area (Å²) in [5, 5.41) is 2.53. The van der Waals surface area contributed by atoms with Gasteiger partial charge in [-0.05, 0) is 12.1 Å². The Morgan fingerprint density at radius 2 is 1.78 bits per heavy atom. The molecule has 0 spiro atoms. The predicted octanol–water partition coefficient (Wildman–Crippen LogP) is 4.45. The molecule has 4 atom stereocenters. The number of amides is 1. The smallest absolute Gasteiger partial charge is 0.349 e. The normalized spacial score (nSPS) is 25.7. The molecule has 11 heteroatoms. The van der Waals surface area contributed by atoms with Gasteiger partial charge in [0.15, 0.2) is 23.2 Å². The molecule has 2 aliphatic rings. The van der Waals surface area contributed by atoms with Crippen molar-refractivity contribution in [1.29, 1.82) is 0 Å². The molecule has 1 amide bonds. The molecule has 37 heavy (non-hydrogen) atoms. The molecule has 3 aromatic rings. The number of benzene rings is 1. The van der Waals surface area contributed by atoms with Crippen LogP contribution in [0.15, 0.2) is 43.0 Å². The van der Waals surface area contributed by atoms with Gasteiger partial charge in [-0.3, -0.25) is 9.36 Å². The number of methoxy groups -OCH3 is 1. The van der Waals surface area contributed by atoms with Gasteiger partial charge in [-0.25, -0.2) is 15.0 Å². The van der Waals surface area contributed by atoms with Crippen LogP contribution in [0.5, 0.6) is 0 Å². The Kier molecular flexibility index (Phi) is 6.48. The number of ether oxygens (including phenoxy) is 2. The lowest BCUT2D eigenvalue weighted by Crippen LogP contribution is -2.65. The number of aromatic nitrogens is 4. The molecule has 2 aromatic heterocycles. The number of nitrogens with zero attached hydrogens (tertiary/aromatic N) is 4. The zero-order valence-electron chi connectivity index (χ0n) is 22.4. The van der Waals surface area contributed by atoms with Crippen molar-refractivity contribution in [3.8, 4) is 0 Å². The molecular weight excluding hydrogens is 490 g/mol. The maximum atomic E-state index is 12.7. The summed E-state index contributed by atoms with van der Waals surface area (Å²) < 4.78 is 27.8. The second-order valence-electron chi connectivity index (χ2n) is 11.6. The Balaban J connectivity index is 1.46. The number of nitrogens with one attached hydrogen (secondary N) is 1. The molecule has 2 saturated heterocycles. The van der Waals surface area contributed by atoms with Crippen LogP contribution in [-0.4, -0.2) is 66.0 Å². The van der Waals surface area contributed by atoms with Crippen molar-refractivity contribution in [3.05, 3.63) is 48.5 Å². The molecule has 2 fully saturated rings. The van der Waals surface area contributed by atoms with Crippen LogP contribution in [0, 0.1) is 0 Å². The average Bonchev–Trinajstić information content (AvgIpc) is 3.44. The van der Waals surface area contributed by atoms with Gasteiger partial charge in [-0.2, -0.15) is 0 Å². The summed E-state index contributed by atoms with van der Waals surface area (Å²) in [4.78, 5) is 26.0. The SMILES string of the molecule is CO[C@H]1C2O[Si](C(C)(C)C)(C(C)(C)C)OC[C@H]2O[C@H]1n1cnc2c(NC(=O)c3ccccc3)ncnc21. The minimum Gasteiger partial charge on any atom is -0.391 e. The third kappa shape index (κ3) is 4.28. The molecule has 0 aliphatic carbocycles. The van der Waals surface area contributed by atoms with E-state index in [9.17, 15) is 4.79 Å². The molecule has 198 valence electrons. The van der Waals surface area contributed by atoms with E-state index in [4.69, 9.17) is 18.3 Å². The van der Waals surface area contributed by atoms with Crippen LogP contribution in [0.1, 0.15) is 58.1 Å². The van der Waals surface area contributed by atoms with Gasteiger partial charge >= 0.3 is 8.56 Å². The largest absolute Gasteiger partial charge is 0.391 e. The molecule has 1 N–H and O–H groups in total. The van der Waals surface area contributed by atoms with E-state index in [1.54, 1.807) is 25.6 Å². The molecule has 10 nitrogen and oxygen atoms in total. The van der Waals surface area contributed by atoms with Crippen molar-refractivity contribution in [2.75, 3.05) is 19.0 Å². The van der Waals surface area contributed by atoms with E-state index < -0.39 is 20.9 Å². The minimum atomic E-state index is -2.72. The van der Waals surface area contributed by atoms with Crippen molar-refractivity contribution in [3.63, 3.8) is 0 Å². The maximum Gasteiger partial charge on any atom is 0.349 e. The lowest BCUT2D eigenvalue weighted by atomic mass is 10.1. The number of hydrogen-bond acceptors (Lipinski definition) is 8. The van der Waals surface area contributed by atoms with Gasteiger partial charge in [-0.1, -0.05) is 59.7 Å². The maximum absolute atomic E-state index is 12.7. The van der Waals surface area contributed by atoms with Crippen LogP contribution < -0.4 is 5.32 Å². The van der Waals surface area contributed by atoms with Gasteiger partial charge in [-0.15, -0.1) is 0 Å². The van der Waals surface area contributed by atoms with Gasteiger partial charge in [0.05, 0.1) is 12.9 Å². The topological polar surface area (TPSA) is 110 Å². The fraction of sp³-hybridized carbons (Fsp3) is 0.538. The van der Waals surface area contributed by atoms with Crippen molar-refractivity contribution in [1.82, 2.24) is 19.5 Å². The number of fused-ring (bicyclic) bond motifs is 2. The molecule has 1 unspecified atom stereocenters. The van der Waals surface area contributed by atoms with E-state index in [-0.39, 0.29) is 28.2 Å². The van der Waals surface area contributed by atoms with E-state index >= 15 is 0 Å². The Hall–Kier alpha value is -2.70. The van der Waals surface area contributed by atoms with Crippen LogP contribution in [0.3, 0.4) is 0 Å². The Morgan fingerprint density at radius 3 is 2.43 bits per heavy atom. The first-order valence-electron chi connectivity index (χ1n) is 12.5. The fourth-order valence-corrected chi connectivity index (χ4v) is 10.7. The third-order valence-corrected chi connectivity index (χ3v) is 12.3.